The highest BCUT2D eigenvalue weighted by Gasteiger charge is 2.29. The summed E-state index contributed by atoms with van der Waals surface area (Å²) in [6.07, 6.45) is 2.35. The van der Waals surface area contributed by atoms with Crippen molar-refractivity contribution >= 4 is 17.2 Å². The van der Waals surface area contributed by atoms with Crippen molar-refractivity contribution in [1.82, 2.24) is 10.2 Å². The van der Waals surface area contributed by atoms with E-state index in [1.165, 1.54) is 12.8 Å². The minimum absolute atomic E-state index is 0.423. The molecule has 0 bridgehead atoms. The number of aromatic amines is 1. The van der Waals surface area contributed by atoms with Crippen molar-refractivity contribution in [3.05, 3.63) is 36.0 Å². The molecule has 1 fully saturated rings. The first-order chi connectivity index (χ1) is 8.34. The van der Waals surface area contributed by atoms with Gasteiger partial charge in [-0.1, -0.05) is 18.2 Å². The Balaban J connectivity index is 1.89. The van der Waals surface area contributed by atoms with E-state index in [-0.39, 0.29) is 0 Å². The van der Waals surface area contributed by atoms with E-state index in [1.807, 2.05) is 30.3 Å². The van der Waals surface area contributed by atoms with Gasteiger partial charge in [-0.3, -0.25) is 5.10 Å². The summed E-state index contributed by atoms with van der Waals surface area (Å²) in [5, 5.41) is 15.3. The van der Waals surface area contributed by atoms with E-state index in [2.05, 4.69) is 20.4 Å². The standard InChI is InChI=1S/C12H13N5/c13-12-11(10(15-17-12)8-6-7-8)16-14-9-4-2-1-3-5-9/h1-5,8H,6-7H2,(H3,13,15,17). The number of azo groups is 1. The molecule has 86 valence electrons. The van der Waals surface area contributed by atoms with Gasteiger partial charge in [0.15, 0.2) is 11.5 Å². The topological polar surface area (TPSA) is 79.4 Å². The number of nitrogens with one attached hydrogen (secondary N) is 1. The van der Waals surface area contributed by atoms with Crippen molar-refractivity contribution in [2.75, 3.05) is 5.73 Å². The maximum absolute atomic E-state index is 5.77. The molecule has 0 atom stereocenters. The maximum atomic E-state index is 5.77. The molecule has 0 radical (unpaired) electrons. The minimum Gasteiger partial charge on any atom is -0.380 e. The van der Waals surface area contributed by atoms with Gasteiger partial charge in [0.1, 0.15) is 0 Å². The quantitative estimate of drug-likeness (QED) is 0.789. The van der Waals surface area contributed by atoms with Crippen LogP contribution in [0.4, 0.5) is 17.2 Å². The van der Waals surface area contributed by atoms with Crippen molar-refractivity contribution in [2.24, 2.45) is 10.2 Å². The highest BCUT2D eigenvalue weighted by Crippen LogP contribution is 2.45. The first-order valence-electron chi connectivity index (χ1n) is 5.65. The Bertz CT molecular complexity index is 539. The van der Waals surface area contributed by atoms with Crippen LogP contribution in [0.25, 0.3) is 0 Å². The Hall–Kier alpha value is -2.17. The smallest absolute Gasteiger partial charge is 0.173 e. The molecule has 0 spiro atoms. The van der Waals surface area contributed by atoms with E-state index in [1.54, 1.807) is 0 Å². The van der Waals surface area contributed by atoms with Crippen LogP contribution in [-0.2, 0) is 0 Å². The lowest BCUT2D eigenvalue weighted by Crippen LogP contribution is -1.83. The van der Waals surface area contributed by atoms with Crippen LogP contribution in [0, 0.1) is 0 Å². The molecule has 17 heavy (non-hydrogen) atoms. The third-order valence-electron chi connectivity index (χ3n) is 2.80. The van der Waals surface area contributed by atoms with Gasteiger partial charge in [0.2, 0.25) is 0 Å². The second kappa shape index (κ2) is 4.01. The molecule has 3 N–H and O–H groups in total. The number of nitrogens with two attached hydrogens (primary N) is 1. The first kappa shape index (κ1) is 10.0. The lowest BCUT2D eigenvalue weighted by atomic mass is 10.2. The number of hydrogen-bond donors (Lipinski definition) is 2. The van der Waals surface area contributed by atoms with Gasteiger partial charge in [0.05, 0.1) is 11.4 Å². The molecule has 1 aromatic heterocycles. The van der Waals surface area contributed by atoms with Gasteiger partial charge >= 0.3 is 0 Å². The van der Waals surface area contributed by atoms with Crippen LogP contribution in [-0.4, -0.2) is 10.2 Å². The summed E-state index contributed by atoms with van der Waals surface area (Å²) in [6, 6.07) is 9.60. The minimum atomic E-state index is 0.423. The molecule has 0 unspecified atom stereocenters. The normalized spacial score (nSPS) is 15.5. The fourth-order valence-electron chi connectivity index (χ4n) is 1.73. The molecular formula is C12H13N5. The van der Waals surface area contributed by atoms with Gasteiger partial charge < -0.3 is 5.73 Å². The summed E-state index contributed by atoms with van der Waals surface area (Å²) < 4.78 is 0. The fourth-order valence-corrected chi connectivity index (χ4v) is 1.73. The molecule has 1 saturated carbocycles. The molecule has 5 heteroatoms. The van der Waals surface area contributed by atoms with Crippen molar-refractivity contribution < 1.29 is 0 Å². The van der Waals surface area contributed by atoms with Crippen LogP contribution in [0.1, 0.15) is 24.5 Å². The predicted molar refractivity (Wildman–Crippen MR) is 65.6 cm³/mol. The number of rotatable bonds is 3. The average Bonchev–Trinajstić information content (AvgIpc) is 3.13. The van der Waals surface area contributed by atoms with Gasteiger partial charge in [-0.05, 0) is 25.0 Å². The Labute approximate surface area is 98.8 Å². The Morgan fingerprint density at radius 1 is 1.18 bits per heavy atom. The second-order valence-electron chi connectivity index (χ2n) is 4.18. The first-order valence-corrected chi connectivity index (χ1v) is 5.65. The molecule has 3 rings (SSSR count). The fraction of sp³-hybridized carbons (Fsp3) is 0.250. The summed E-state index contributed by atoms with van der Waals surface area (Å²) in [5.74, 6) is 0.955. The highest BCUT2D eigenvalue weighted by atomic mass is 15.2. The van der Waals surface area contributed by atoms with Gasteiger partial charge in [-0.25, -0.2) is 0 Å². The molecule has 0 saturated heterocycles. The molecule has 1 aliphatic carbocycles. The predicted octanol–water partition coefficient (Wildman–Crippen LogP) is 3.28. The number of hydrogen-bond acceptors (Lipinski definition) is 4. The van der Waals surface area contributed by atoms with Crippen LogP contribution >= 0.6 is 0 Å². The Morgan fingerprint density at radius 3 is 2.65 bits per heavy atom. The third kappa shape index (κ3) is 2.04. The lowest BCUT2D eigenvalue weighted by Gasteiger charge is -1.95. The Kier molecular flexibility index (Phi) is 2.36. The zero-order valence-electron chi connectivity index (χ0n) is 9.30. The zero-order valence-corrected chi connectivity index (χ0v) is 9.30. The largest absolute Gasteiger partial charge is 0.380 e. The van der Waals surface area contributed by atoms with E-state index >= 15 is 0 Å². The summed E-state index contributed by atoms with van der Waals surface area (Å²) in [7, 11) is 0. The molecule has 1 aliphatic rings. The highest BCUT2D eigenvalue weighted by molar-refractivity contribution is 5.62. The van der Waals surface area contributed by atoms with E-state index in [4.69, 9.17) is 5.73 Å². The summed E-state index contributed by atoms with van der Waals surface area (Å²) >= 11 is 0. The number of nitrogen functional groups attached to an aromatic ring is 1. The molecule has 2 aromatic rings. The van der Waals surface area contributed by atoms with Gasteiger partial charge in [0.25, 0.3) is 0 Å². The van der Waals surface area contributed by atoms with Crippen molar-refractivity contribution in [2.45, 2.75) is 18.8 Å². The summed E-state index contributed by atoms with van der Waals surface area (Å²) in [6.45, 7) is 0. The number of aromatic nitrogens is 2. The van der Waals surface area contributed by atoms with Crippen molar-refractivity contribution in [3.8, 4) is 0 Å². The van der Waals surface area contributed by atoms with E-state index < -0.39 is 0 Å². The number of nitrogens with zero attached hydrogens (tertiary/aromatic N) is 3. The van der Waals surface area contributed by atoms with Crippen LogP contribution < -0.4 is 5.73 Å². The van der Waals surface area contributed by atoms with Gasteiger partial charge in [-0.15, -0.1) is 5.11 Å². The van der Waals surface area contributed by atoms with E-state index in [9.17, 15) is 0 Å². The van der Waals surface area contributed by atoms with Crippen LogP contribution in [0.2, 0.25) is 0 Å². The zero-order chi connectivity index (χ0) is 11.7. The van der Waals surface area contributed by atoms with Crippen molar-refractivity contribution in [3.63, 3.8) is 0 Å². The molecule has 5 nitrogen and oxygen atoms in total. The van der Waals surface area contributed by atoms with E-state index in [0.717, 1.165) is 11.4 Å². The maximum Gasteiger partial charge on any atom is 0.173 e. The summed E-state index contributed by atoms with van der Waals surface area (Å²) in [5.41, 5.74) is 8.30. The van der Waals surface area contributed by atoms with Crippen LogP contribution in [0.15, 0.2) is 40.6 Å². The van der Waals surface area contributed by atoms with Crippen molar-refractivity contribution in [1.29, 1.82) is 0 Å². The average molecular weight is 227 g/mol. The SMILES string of the molecule is Nc1n[nH]c(C2CC2)c1N=Nc1ccccc1. The Morgan fingerprint density at radius 2 is 1.94 bits per heavy atom. The molecular weight excluding hydrogens is 214 g/mol. The number of benzene rings is 1. The van der Waals surface area contributed by atoms with Gasteiger partial charge in [-0.2, -0.15) is 10.2 Å². The van der Waals surface area contributed by atoms with Crippen LogP contribution in [0.5, 0.6) is 0 Å². The molecule has 1 heterocycles. The lowest BCUT2D eigenvalue weighted by molar-refractivity contribution is 0.964. The van der Waals surface area contributed by atoms with Crippen LogP contribution in [0.3, 0.4) is 0 Å². The summed E-state index contributed by atoms with van der Waals surface area (Å²) in [4.78, 5) is 0. The molecule has 1 aromatic carbocycles. The van der Waals surface area contributed by atoms with Gasteiger partial charge in [0, 0.05) is 5.92 Å². The molecule has 0 aliphatic heterocycles. The monoisotopic (exact) mass is 227 g/mol. The second-order valence-corrected chi connectivity index (χ2v) is 4.18. The number of H-pyrrole nitrogens is 1. The number of anilines is 1. The van der Waals surface area contributed by atoms with E-state index in [0.29, 0.717) is 17.4 Å². The third-order valence-corrected chi connectivity index (χ3v) is 2.80. The molecule has 0 amide bonds.